The van der Waals surface area contributed by atoms with Crippen LogP contribution in [0.15, 0.2) is 5.10 Å². The van der Waals surface area contributed by atoms with Gasteiger partial charge in [0.1, 0.15) is 0 Å². The van der Waals surface area contributed by atoms with Crippen LogP contribution in [0.5, 0.6) is 0 Å². The molecule has 2 aliphatic heterocycles. The molecular weight excluding hydrogens is 174 g/mol. The first-order valence-electron chi connectivity index (χ1n) is 3.87. The maximum atomic E-state index is 11.5. The first kappa shape index (κ1) is 8.18. The second-order valence-electron chi connectivity index (χ2n) is 3.25. The number of fused-ring (bicyclic) bond motifs is 1. The molecule has 0 aromatic heterocycles. The lowest BCUT2D eigenvalue weighted by atomic mass is 9.93. The van der Waals surface area contributed by atoms with E-state index in [9.17, 15) is 9.59 Å². The van der Waals surface area contributed by atoms with Crippen LogP contribution >= 0.6 is 0 Å². The predicted molar refractivity (Wildman–Crippen MR) is 42.5 cm³/mol. The fourth-order valence-corrected chi connectivity index (χ4v) is 1.42. The Kier molecular flexibility index (Phi) is 1.44. The van der Waals surface area contributed by atoms with Crippen molar-refractivity contribution in [2.45, 2.75) is 18.9 Å². The summed E-state index contributed by atoms with van der Waals surface area (Å²) in [4.78, 5) is 27.0. The second kappa shape index (κ2) is 2.29. The molecule has 1 atom stereocenters. The SMILES string of the molecule is CN1N=C2CC(=O)ONC2(C)C1=O. The van der Waals surface area contributed by atoms with Crippen molar-refractivity contribution < 1.29 is 14.4 Å². The summed E-state index contributed by atoms with van der Waals surface area (Å²) in [5, 5.41) is 5.16. The third-order valence-electron chi connectivity index (χ3n) is 2.25. The zero-order valence-electron chi connectivity index (χ0n) is 7.33. The summed E-state index contributed by atoms with van der Waals surface area (Å²) in [5.41, 5.74) is 1.97. The molecule has 1 fully saturated rings. The molecule has 2 rings (SSSR count). The number of amides is 1. The van der Waals surface area contributed by atoms with Gasteiger partial charge in [-0.1, -0.05) is 0 Å². The fourth-order valence-electron chi connectivity index (χ4n) is 1.42. The third kappa shape index (κ3) is 0.951. The van der Waals surface area contributed by atoms with Crippen LogP contribution in [0.1, 0.15) is 13.3 Å². The highest BCUT2D eigenvalue weighted by atomic mass is 16.7. The summed E-state index contributed by atoms with van der Waals surface area (Å²) in [6, 6.07) is 0. The van der Waals surface area contributed by atoms with Crippen molar-refractivity contribution in [2.24, 2.45) is 5.10 Å². The van der Waals surface area contributed by atoms with Gasteiger partial charge in [-0.2, -0.15) is 5.10 Å². The van der Waals surface area contributed by atoms with Crippen molar-refractivity contribution in [1.82, 2.24) is 10.5 Å². The summed E-state index contributed by atoms with van der Waals surface area (Å²) >= 11 is 0. The van der Waals surface area contributed by atoms with Crippen LogP contribution in [0.2, 0.25) is 0 Å². The molecule has 6 heteroatoms. The monoisotopic (exact) mass is 183 g/mol. The zero-order valence-corrected chi connectivity index (χ0v) is 7.33. The molecule has 0 radical (unpaired) electrons. The average Bonchev–Trinajstić information content (AvgIpc) is 2.29. The van der Waals surface area contributed by atoms with Gasteiger partial charge in [-0.3, -0.25) is 4.79 Å². The molecule has 0 bridgehead atoms. The first-order chi connectivity index (χ1) is 6.04. The second-order valence-corrected chi connectivity index (χ2v) is 3.25. The van der Waals surface area contributed by atoms with Gasteiger partial charge in [0.2, 0.25) is 0 Å². The number of rotatable bonds is 0. The Morgan fingerprint density at radius 2 is 2.31 bits per heavy atom. The van der Waals surface area contributed by atoms with Crippen LogP contribution in [-0.2, 0) is 14.4 Å². The average molecular weight is 183 g/mol. The van der Waals surface area contributed by atoms with Gasteiger partial charge < -0.3 is 4.84 Å². The van der Waals surface area contributed by atoms with E-state index in [-0.39, 0.29) is 12.3 Å². The molecule has 2 aliphatic rings. The topological polar surface area (TPSA) is 71.0 Å². The highest BCUT2D eigenvalue weighted by Crippen LogP contribution is 2.24. The molecule has 0 spiro atoms. The number of nitrogens with one attached hydrogen (secondary N) is 1. The smallest absolute Gasteiger partial charge is 0.330 e. The lowest BCUT2D eigenvalue weighted by Crippen LogP contribution is -2.58. The fraction of sp³-hybridized carbons (Fsp3) is 0.571. The molecule has 0 saturated carbocycles. The van der Waals surface area contributed by atoms with Gasteiger partial charge in [-0.25, -0.2) is 9.80 Å². The predicted octanol–water partition coefficient (Wildman–Crippen LogP) is -0.975. The molecular formula is C7H9N3O3. The molecule has 0 aromatic rings. The van der Waals surface area contributed by atoms with E-state index in [0.717, 1.165) is 0 Å². The molecule has 6 nitrogen and oxygen atoms in total. The summed E-state index contributed by atoms with van der Waals surface area (Å²) in [5.74, 6) is -0.630. The lowest BCUT2D eigenvalue weighted by Gasteiger charge is -2.27. The normalized spacial score (nSPS) is 32.8. The van der Waals surface area contributed by atoms with Gasteiger partial charge in [0.05, 0.1) is 12.1 Å². The van der Waals surface area contributed by atoms with Crippen LogP contribution in [0.25, 0.3) is 0 Å². The Balaban J connectivity index is 2.37. The van der Waals surface area contributed by atoms with Gasteiger partial charge in [0, 0.05) is 7.05 Å². The van der Waals surface area contributed by atoms with Crippen molar-refractivity contribution in [2.75, 3.05) is 7.05 Å². The van der Waals surface area contributed by atoms with E-state index in [1.807, 2.05) is 0 Å². The Bertz CT molecular complexity index is 325. The van der Waals surface area contributed by atoms with Gasteiger partial charge in [-0.05, 0) is 6.92 Å². The number of hydrazone groups is 1. The summed E-state index contributed by atoms with van der Waals surface area (Å²) in [6.45, 7) is 1.64. The maximum absolute atomic E-state index is 11.5. The maximum Gasteiger partial charge on any atom is 0.330 e. The molecule has 13 heavy (non-hydrogen) atoms. The van der Waals surface area contributed by atoms with Crippen LogP contribution in [0, 0.1) is 0 Å². The summed E-state index contributed by atoms with van der Waals surface area (Å²) in [6.07, 6.45) is 0.0690. The van der Waals surface area contributed by atoms with Crippen molar-refractivity contribution in [3.63, 3.8) is 0 Å². The largest absolute Gasteiger partial charge is 0.369 e. The molecule has 70 valence electrons. The first-order valence-corrected chi connectivity index (χ1v) is 3.87. The number of hydrogen-bond acceptors (Lipinski definition) is 5. The minimum atomic E-state index is -0.956. The van der Waals surface area contributed by atoms with E-state index < -0.39 is 11.5 Å². The van der Waals surface area contributed by atoms with Crippen molar-refractivity contribution in [1.29, 1.82) is 0 Å². The molecule has 0 aromatic carbocycles. The summed E-state index contributed by atoms with van der Waals surface area (Å²) in [7, 11) is 1.55. The van der Waals surface area contributed by atoms with Gasteiger partial charge in [0.25, 0.3) is 5.91 Å². The van der Waals surface area contributed by atoms with E-state index >= 15 is 0 Å². The third-order valence-corrected chi connectivity index (χ3v) is 2.25. The van der Waals surface area contributed by atoms with E-state index in [0.29, 0.717) is 5.71 Å². The van der Waals surface area contributed by atoms with Crippen molar-refractivity contribution in [3.05, 3.63) is 0 Å². The van der Waals surface area contributed by atoms with E-state index in [1.165, 1.54) is 5.01 Å². The molecule has 1 amide bonds. The zero-order chi connectivity index (χ0) is 9.64. The Morgan fingerprint density at radius 3 is 3.00 bits per heavy atom. The number of nitrogens with zero attached hydrogens (tertiary/aromatic N) is 2. The van der Waals surface area contributed by atoms with Gasteiger partial charge in [0.15, 0.2) is 5.54 Å². The van der Waals surface area contributed by atoms with Crippen molar-refractivity contribution >= 4 is 17.6 Å². The van der Waals surface area contributed by atoms with E-state index in [4.69, 9.17) is 0 Å². The Morgan fingerprint density at radius 1 is 1.62 bits per heavy atom. The molecule has 1 N–H and O–H groups in total. The molecule has 1 unspecified atom stereocenters. The van der Waals surface area contributed by atoms with Crippen LogP contribution < -0.4 is 5.48 Å². The Hall–Kier alpha value is -1.43. The molecule has 0 aliphatic carbocycles. The Labute approximate surface area is 74.5 Å². The van der Waals surface area contributed by atoms with Crippen LogP contribution in [0.3, 0.4) is 0 Å². The van der Waals surface area contributed by atoms with Crippen LogP contribution in [-0.4, -0.2) is 35.2 Å². The summed E-state index contributed by atoms with van der Waals surface area (Å²) < 4.78 is 0. The number of carbonyl (C=O) groups excluding carboxylic acids is 2. The minimum Gasteiger partial charge on any atom is -0.369 e. The van der Waals surface area contributed by atoms with E-state index in [1.54, 1.807) is 14.0 Å². The highest BCUT2D eigenvalue weighted by Gasteiger charge is 2.50. The van der Waals surface area contributed by atoms with Gasteiger partial charge >= 0.3 is 5.97 Å². The quantitative estimate of drug-likeness (QED) is 0.524. The minimum absolute atomic E-state index is 0.0690. The highest BCUT2D eigenvalue weighted by molar-refractivity contribution is 6.21. The number of likely N-dealkylation sites (N-methyl/N-ethyl adjacent to an activating group) is 1. The number of carbonyl (C=O) groups is 2. The standard InChI is InChI=1S/C7H9N3O3/c1-7-4(3-5(11)13-9-7)8-10(2)6(7)12/h9H,3H2,1-2H3. The van der Waals surface area contributed by atoms with Crippen molar-refractivity contribution in [3.8, 4) is 0 Å². The lowest BCUT2D eigenvalue weighted by molar-refractivity contribution is -0.158. The number of hydroxylamine groups is 1. The van der Waals surface area contributed by atoms with Gasteiger partial charge in [-0.15, -0.1) is 5.48 Å². The number of hydrogen-bond donors (Lipinski definition) is 1. The molecule has 2 heterocycles. The van der Waals surface area contributed by atoms with E-state index in [2.05, 4.69) is 15.4 Å². The molecule has 1 saturated heterocycles. The van der Waals surface area contributed by atoms with Crippen LogP contribution in [0.4, 0.5) is 0 Å².